The van der Waals surface area contributed by atoms with E-state index in [1.807, 2.05) is 43.3 Å². The monoisotopic (exact) mass is 300 g/mol. The molecule has 0 bridgehead atoms. The number of rotatable bonds is 5. The molecular formula is C17H20N2O3. The number of carbonyl (C=O) groups excluding carboxylic acids is 1. The zero-order valence-electron chi connectivity index (χ0n) is 12.7. The summed E-state index contributed by atoms with van der Waals surface area (Å²) in [4.78, 5) is 14.4. The highest BCUT2D eigenvalue weighted by atomic mass is 16.5. The Hall–Kier alpha value is -2.14. The van der Waals surface area contributed by atoms with Crippen molar-refractivity contribution >= 4 is 5.97 Å². The number of likely N-dealkylation sites (tertiary alicyclic amines) is 1. The summed E-state index contributed by atoms with van der Waals surface area (Å²) in [6.45, 7) is 3.71. The molecule has 1 aliphatic heterocycles. The maximum atomic E-state index is 12.3. The van der Waals surface area contributed by atoms with Crippen LogP contribution in [0.1, 0.15) is 29.9 Å². The standard InChI is InChI=1S/C17H20N2O3/c1-13-10-15(18-22-13)11-19-9-5-8-16(19)17(20)21-12-14-6-3-2-4-7-14/h2-4,6-7,10,16H,5,8-9,11-12H2,1H3. The number of ether oxygens (including phenoxy) is 1. The van der Waals surface area contributed by atoms with Crippen LogP contribution in [0.3, 0.4) is 0 Å². The van der Waals surface area contributed by atoms with E-state index in [-0.39, 0.29) is 12.0 Å². The first-order valence-electron chi connectivity index (χ1n) is 7.59. The summed E-state index contributed by atoms with van der Waals surface area (Å²) in [5.41, 5.74) is 1.87. The molecule has 2 aromatic rings. The predicted molar refractivity (Wildman–Crippen MR) is 80.9 cm³/mol. The van der Waals surface area contributed by atoms with Gasteiger partial charge >= 0.3 is 5.97 Å². The summed E-state index contributed by atoms with van der Waals surface area (Å²) >= 11 is 0. The first-order valence-corrected chi connectivity index (χ1v) is 7.59. The molecule has 0 radical (unpaired) electrons. The van der Waals surface area contributed by atoms with Crippen LogP contribution in [0.4, 0.5) is 0 Å². The Morgan fingerprint density at radius 1 is 1.41 bits per heavy atom. The SMILES string of the molecule is Cc1cc(CN2CCCC2C(=O)OCc2ccccc2)no1. The largest absolute Gasteiger partial charge is 0.460 e. The van der Waals surface area contributed by atoms with E-state index in [4.69, 9.17) is 9.26 Å². The quantitative estimate of drug-likeness (QED) is 0.795. The highest BCUT2D eigenvalue weighted by Crippen LogP contribution is 2.21. The van der Waals surface area contributed by atoms with Crippen LogP contribution in [0.15, 0.2) is 40.9 Å². The van der Waals surface area contributed by atoms with Gasteiger partial charge in [-0.25, -0.2) is 0 Å². The van der Waals surface area contributed by atoms with Crippen LogP contribution < -0.4 is 0 Å². The molecule has 0 N–H and O–H groups in total. The lowest BCUT2D eigenvalue weighted by Gasteiger charge is -2.21. The van der Waals surface area contributed by atoms with Crippen molar-refractivity contribution in [3.05, 3.63) is 53.4 Å². The molecule has 5 heteroatoms. The van der Waals surface area contributed by atoms with E-state index < -0.39 is 0 Å². The summed E-state index contributed by atoms with van der Waals surface area (Å²) < 4.78 is 10.5. The van der Waals surface area contributed by atoms with Crippen molar-refractivity contribution in [1.82, 2.24) is 10.1 Å². The van der Waals surface area contributed by atoms with Gasteiger partial charge in [0.1, 0.15) is 18.4 Å². The first-order chi connectivity index (χ1) is 10.7. The summed E-state index contributed by atoms with van der Waals surface area (Å²) in [5, 5.41) is 4.00. The molecule has 116 valence electrons. The van der Waals surface area contributed by atoms with Gasteiger partial charge in [-0.3, -0.25) is 9.69 Å². The molecule has 0 saturated carbocycles. The second-order valence-electron chi connectivity index (χ2n) is 5.65. The number of nitrogens with zero attached hydrogens (tertiary/aromatic N) is 2. The average Bonchev–Trinajstić information content (AvgIpc) is 3.15. The van der Waals surface area contributed by atoms with Crippen molar-refractivity contribution < 1.29 is 14.1 Å². The fourth-order valence-corrected chi connectivity index (χ4v) is 2.81. The average molecular weight is 300 g/mol. The third-order valence-electron chi connectivity index (χ3n) is 3.90. The van der Waals surface area contributed by atoms with E-state index in [0.29, 0.717) is 13.2 Å². The fourth-order valence-electron chi connectivity index (χ4n) is 2.81. The van der Waals surface area contributed by atoms with Gasteiger partial charge in [-0.05, 0) is 31.9 Å². The minimum Gasteiger partial charge on any atom is -0.460 e. The van der Waals surface area contributed by atoms with Gasteiger partial charge in [0.15, 0.2) is 0 Å². The van der Waals surface area contributed by atoms with Gasteiger partial charge in [-0.2, -0.15) is 0 Å². The van der Waals surface area contributed by atoms with Crippen LogP contribution in [-0.2, 0) is 22.7 Å². The molecule has 3 rings (SSSR count). The molecule has 1 atom stereocenters. The maximum Gasteiger partial charge on any atom is 0.323 e. The van der Waals surface area contributed by atoms with Crippen molar-refractivity contribution in [2.45, 2.75) is 39.0 Å². The summed E-state index contributed by atoms with van der Waals surface area (Å²) in [5.74, 6) is 0.638. The summed E-state index contributed by atoms with van der Waals surface area (Å²) in [7, 11) is 0. The van der Waals surface area contributed by atoms with Gasteiger partial charge in [-0.15, -0.1) is 0 Å². The Balaban J connectivity index is 1.56. The molecule has 1 aliphatic rings. The number of esters is 1. The maximum absolute atomic E-state index is 12.3. The second-order valence-corrected chi connectivity index (χ2v) is 5.65. The Labute approximate surface area is 129 Å². The van der Waals surface area contributed by atoms with E-state index in [9.17, 15) is 4.79 Å². The molecule has 0 amide bonds. The third-order valence-corrected chi connectivity index (χ3v) is 3.90. The van der Waals surface area contributed by atoms with E-state index in [0.717, 1.165) is 36.4 Å². The van der Waals surface area contributed by atoms with E-state index in [1.54, 1.807) is 0 Å². The van der Waals surface area contributed by atoms with Gasteiger partial charge < -0.3 is 9.26 Å². The topological polar surface area (TPSA) is 55.6 Å². The third kappa shape index (κ3) is 3.54. The molecular weight excluding hydrogens is 280 g/mol. The zero-order valence-corrected chi connectivity index (χ0v) is 12.7. The minimum absolute atomic E-state index is 0.151. The van der Waals surface area contributed by atoms with Crippen LogP contribution in [0.25, 0.3) is 0 Å². The van der Waals surface area contributed by atoms with Crippen LogP contribution in [0.5, 0.6) is 0 Å². The lowest BCUT2D eigenvalue weighted by atomic mass is 10.2. The van der Waals surface area contributed by atoms with E-state index >= 15 is 0 Å². The number of hydrogen-bond donors (Lipinski definition) is 0. The van der Waals surface area contributed by atoms with Crippen molar-refractivity contribution in [1.29, 1.82) is 0 Å². The molecule has 1 aromatic heterocycles. The minimum atomic E-state index is -0.180. The lowest BCUT2D eigenvalue weighted by molar-refractivity contribution is -0.150. The van der Waals surface area contributed by atoms with Gasteiger partial charge in [0.05, 0.1) is 5.69 Å². The second kappa shape index (κ2) is 6.75. The van der Waals surface area contributed by atoms with Crippen molar-refractivity contribution in [2.24, 2.45) is 0 Å². The zero-order chi connectivity index (χ0) is 15.4. The van der Waals surface area contributed by atoms with E-state index in [2.05, 4.69) is 10.1 Å². The molecule has 5 nitrogen and oxygen atoms in total. The molecule has 1 saturated heterocycles. The molecule has 1 fully saturated rings. The Kier molecular flexibility index (Phi) is 4.53. The van der Waals surface area contributed by atoms with Crippen LogP contribution in [0.2, 0.25) is 0 Å². The first kappa shape index (κ1) is 14.8. The molecule has 2 heterocycles. The van der Waals surface area contributed by atoms with Gasteiger partial charge in [-0.1, -0.05) is 35.5 Å². The predicted octanol–water partition coefficient (Wildman–Crippen LogP) is 2.69. The highest BCUT2D eigenvalue weighted by molar-refractivity contribution is 5.76. The smallest absolute Gasteiger partial charge is 0.323 e. The molecule has 22 heavy (non-hydrogen) atoms. The van der Waals surface area contributed by atoms with Gasteiger partial charge in [0.2, 0.25) is 0 Å². The Morgan fingerprint density at radius 2 is 2.23 bits per heavy atom. The summed E-state index contributed by atoms with van der Waals surface area (Å²) in [6.07, 6.45) is 1.84. The Bertz CT molecular complexity index is 624. The van der Waals surface area contributed by atoms with Crippen molar-refractivity contribution in [3.63, 3.8) is 0 Å². The van der Waals surface area contributed by atoms with Crippen molar-refractivity contribution in [3.8, 4) is 0 Å². The van der Waals surface area contributed by atoms with Crippen molar-refractivity contribution in [2.75, 3.05) is 6.54 Å². The summed E-state index contributed by atoms with van der Waals surface area (Å²) in [6, 6.07) is 11.5. The molecule has 0 aliphatic carbocycles. The number of carbonyl (C=O) groups is 1. The molecule has 1 aromatic carbocycles. The molecule has 1 unspecified atom stereocenters. The molecule has 0 spiro atoms. The number of aryl methyl sites for hydroxylation is 1. The Morgan fingerprint density at radius 3 is 2.95 bits per heavy atom. The van der Waals surface area contributed by atoms with Crippen LogP contribution in [-0.4, -0.2) is 28.6 Å². The normalized spacial score (nSPS) is 18.5. The number of aromatic nitrogens is 1. The number of hydrogen-bond acceptors (Lipinski definition) is 5. The van der Waals surface area contributed by atoms with Gasteiger partial charge in [0, 0.05) is 12.6 Å². The fraction of sp³-hybridized carbons (Fsp3) is 0.412. The highest BCUT2D eigenvalue weighted by Gasteiger charge is 2.32. The van der Waals surface area contributed by atoms with E-state index in [1.165, 1.54) is 0 Å². The lowest BCUT2D eigenvalue weighted by Crippen LogP contribution is -2.36. The van der Waals surface area contributed by atoms with Crippen LogP contribution in [0, 0.1) is 6.92 Å². The number of benzene rings is 1. The van der Waals surface area contributed by atoms with Gasteiger partial charge in [0.25, 0.3) is 0 Å². The van der Waals surface area contributed by atoms with Crippen LogP contribution >= 0.6 is 0 Å².